The van der Waals surface area contributed by atoms with E-state index < -0.39 is 0 Å². The van der Waals surface area contributed by atoms with Gasteiger partial charge < -0.3 is 4.74 Å². The number of hydrogen-bond donors (Lipinski definition) is 0. The van der Waals surface area contributed by atoms with Crippen LogP contribution in [-0.4, -0.2) is 11.2 Å². The molecule has 1 unspecified atom stereocenters. The molecule has 1 aliphatic heterocycles. The van der Waals surface area contributed by atoms with E-state index in [-0.39, 0.29) is 6.23 Å². The maximum atomic E-state index is 5.15. The average molecular weight is 187 g/mol. The zero-order chi connectivity index (χ0) is 9.64. The Morgan fingerprint density at radius 3 is 3.07 bits per heavy atom. The summed E-state index contributed by atoms with van der Waals surface area (Å²) in [6.07, 6.45) is 10.1. The van der Waals surface area contributed by atoms with Crippen molar-refractivity contribution in [2.45, 2.75) is 6.23 Å². The minimum absolute atomic E-state index is 0.319. The van der Waals surface area contributed by atoms with Crippen molar-refractivity contribution in [1.82, 2.24) is 4.98 Å². The Bertz CT molecular complexity index is 370. The summed E-state index contributed by atoms with van der Waals surface area (Å²) in [5.74, 6) is 0. The molecule has 14 heavy (non-hydrogen) atoms. The number of rotatable bonds is 2. The van der Waals surface area contributed by atoms with Gasteiger partial charge in [-0.3, -0.25) is 4.98 Å². The Balaban J connectivity index is 2.01. The van der Waals surface area contributed by atoms with Gasteiger partial charge >= 0.3 is 0 Å². The molecule has 0 spiro atoms. The van der Waals surface area contributed by atoms with Gasteiger partial charge in [0.2, 0.25) is 6.23 Å². The Hall–Kier alpha value is -1.97. The van der Waals surface area contributed by atoms with Crippen molar-refractivity contribution in [2.24, 2.45) is 10.2 Å². The van der Waals surface area contributed by atoms with Crippen LogP contribution in [0, 0.1) is 0 Å². The van der Waals surface area contributed by atoms with E-state index in [2.05, 4.69) is 15.2 Å². The lowest BCUT2D eigenvalue weighted by Crippen LogP contribution is -2.02. The van der Waals surface area contributed by atoms with E-state index in [0.29, 0.717) is 0 Å². The van der Waals surface area contributed by atoms with Gasteiger partial charge in [0.15, 0.2) is 0 Å². The topological polar surface area (TPSA) is 46.8 Å². The number of azo groups is 1. The highest BCUT2D eigenvalue weighted by atomic mass is 16.5. The number of aromatic nitrogens is 1. The smallest absolute Gasteiger partial charge is 0.227 e. The maximum absolute atomic E-state index is 5.15. The monoisotopic (exact) mass is 187 g/mol. The standard InChI is InChI=1S/C10H9N3O/c1-2-7-14-10(5-1)13-12-9-4-3-6-11-8-9/h1-8,10H. The third-order valence-corrected chi connectivity index (χ3v) is 1.62. The molecule has 0 radical (unpaired) electrons. The first-order valence-electron chi connectivity index (χ1n) is 4.25. The van der Waals surface area contributed by atoms with E-state index in [0.717, 1.165) is 5.69 Å². The fourth-order valence-electron chi connectivity index (χ4n) is 0.978. The highest BCUT2D eigenvalue weighted by molar-refractivity contribution is 5.31. The summed E-state index contributed by atoms with van der Waals surface area (Å²) < 4.78 is 5.15. The van der Waals surface area contributed by atoms with Crippen LogP contribution in [0.1, 0.15) is 0 Å². The summed E-state index contributed by atoms with van der Waals surface area (Å²) in [6, 6.07) is 3.64. The molecule has 0 saturated carbocycles. The van der Waals surface area contributed by atoms with Crippen LogP contribution in [-0.2, 0) is 4.74 Å². The second-order valence-corrected chi connectivity index (χ2v) is 2.67. The summed E-state index contributed by atoms with van der Waals surface area (Å²) in [5.41, 5.74) is 0.721. The van der Waals surface area contributed by atoms with Crippen LogP contribution in [0.25, 0.3) is 0 Å². The van der Waals surface area contributed by atoms with E-state index in [1.54, 1.807) is 24.7 Å². The molecule has 4 nitrogen and oxygen atoms in total. The second-order valence-electron chi connectivity index (χ2n) is 2.67. The molecule has 0 fully saturated rings. The third kappa shape index (κ3) is 2.26. The van der Waals surface area contributed by atoms with Gasteiger partial charge in [-0.05, 0) is 24.3 Å². The van der Waals surface area contributed by atoms with Gasteiger partial charge in [0.25, 0.3) is 0 Å². The molecule has 4 heteroatoms. The van der Waals surface area contributed by atoms with Crippen molar-refractivity contribution >= 4 is 5.69 Å². The molecule has 0 aromatic carbocycles. The Kier molecular flexibility index (Phi) is 2.66. The number of ether oxygens (including phenoxy) is 1. The van der Waals surface area contributed by atoms with Crippen LogP contribution in [0.15, 0.2) is 59.2 Å². The van der Waals surface area contributed by atoms with E-state index >= 15 is 0 Å². The number of nitrogens with zero attached hydrogens (tertiary/aromatic N) is 3. The molecule has 2 heterocycles. The Morgan fingerprint density at radius 2 is 2.36 bits per heavy atom. The molecule has 0 saturated heterocycles. The van der Waals surface area contributed by atoms with Gasteiger partial charge in [-0.15, -0.1) is 5.11 Å². The van der Waals surface area contributed by atoms with Crippen molar-refractivity contribution in [3.8, 4) is 0 Å². The van der Waals surface area contributed by atoms with Crippen molar-refractivity contribution in [3.05, 3.63) is 49.0 Å². The summed E-state index contributed by atoms with van der Waals surface area (Å²) in [7, 11) is 0. The molecule has 1 aromatic heterocycles. The Labute approximate surface area is 81.7 Å². The summed E-state index contributed by atoms with van der Waals surface area (Å²) in [5, 5.41) is 7.96. The molecule has 1 aliphatic rings. The zero-order valence-electron chi connectivity index (χ0n) is 7.45. The molecule has 0 N–H and O–H groups in total. The van der Waals surface area contributed by atoms with E-state index in [1.165, 1.54) is 0 Å². The average Bonchev–Trinajstić information content (AvgIpc) is 2.29. The number of pyridine rings is 1. The van der Waals surface area contributed by atoms with Gasteiger partial charge in [0.1, 0.15) is 5.69 Å². The fourth-order valence-corrected chi connectivity index (χ4v) is 0.978. The third-order valence-electron chi connectivity index (χ3n) is 1.62. The molecule has 0 aliphatic carbocycles. The van der Waals surface area contributed by atoms with Crippen LogP contribution in [0.5, 0.6) is 0 Å². The normalized spacial score (nSPS) is 19.9. The first-order chi connectivity index (χ1) is 6.95. The van der Waals surface area contributed by atoms with Crippen LogP contribution < -0.4 is 0 Å². The second kappa shape index (κ2) is 4.32. The largest absolute Gasteiger partial charge is 0.471 e. The van der Waals surface area contributed by atoms with Crippen LogP contribution in [0.4, 0.5) is 5.69 Å². The van der Waals surface area contributed by atoms with Crippen molar-refractivity contribution in [2.75, 3.05) is 0 Å². The molecule has 0 bridgehead atoms. The lowest BCUT2D eigenvalue weighted by atomic mass is 10.4. The lowest BCUT2D eigenvalue weighted by Gasteiger charge is -2.07. The summed E-state index contributed by atoms with van der Waals surface area (Å²) >= 11 is 0. The summed E-state index contributed by atoms with van der Waals surface area (Å²) in [6.45, 7) is 0. The lowest BCUT2D eigenvalue weighted by molar-refractivity contribution is 0.185. The quantitative estimate of drug-likeness (QED) is 0.668. The van der Waals surface area contributed by atoms with Crippen LogP contribution in [0.3, 0.4) is 0 Å². The summed E-state index contributed by atoms with van der Waals surface area (Å²) in [4.78, 5) is 3.92. The highest BCUT2D eigenvalue weighted by Gasteiger charge is 2.01. The Morgan fingerprint density at radius 1 is 1.36 bits per heavy atom. The van der Waals surface area contributed by atoms with Gasteiger partial charge in [0.05, 0.1) is 12.5 Å². The minimum atomic E-state index is -0.319. The molecule has 70 valence electrons. The van der Waals surface area contributed by atoms with Gasteiger partial charge in [-0.1, -0.05) is 6.08 Å². The number of hydrogen-bond acceptors (Lipinski definition) is 4. The molecular formula is C10H9N3O. The first-order valence-corrected chi connectivity index (χ1v) is 4.25. The van der Waals surface area contributed by atoms with Crippen molar-refractivity contribution in [1.29, 1.82) is 0 Å². The minimum Gasteiger partial charge on any atom is -0.471 e. The van der Waals surface area contributed by atoms with E-state index in [1.807, 2.05) is 24.3 Å². The van der Waals surface area contributed by atoms with Crippen LogP contribution >= 0.6 is 0 Å². The first kappa shape index (κ1) is 8.62. The fraction of sp³-hybridized carbons (Fsp3) is 0.100. The molecule has 1 atom stereocenters. The van der Waals surface area contributed by atoms with Crippen molar-refractivity contribution < 1.29 is 4.74 Å². The predicted molar refractivity (Wildman–Crippen MR) is 51.9 cm³/mol. The zero-order valence-corrected chi connectivity index (χ0v) is 7.45. The molecule has 0 amide bonds. The van der Waals surface area contributed by atoms with E-state index in [9.17, 15) is 0 Å². The van der Waals surface area contributed by atoms with Gasteiger partial charge in [-0.2, -0.15) is 5.11 Å². The van der Waals surface area contributed by atoms with Gasteiger partial charge in [-0.25, -0.2) is 0 Å². The highest BCUT2D eigenvalue weighted by Crippen LogP contribution is 2.11. The predicted octanol–water partition coefficient (Wildman–Crippen LogP) is 2.59. The number of allylic oxidation sites excluding steroid dienone is 2. The SMILES string of the molecule is C1=COC(N=Nc2cccnc2)C=C1. The molecule has 1 aromatic rings. The van der Waals surface area contributed by atoms with Gasteiger partial charge in [0, 0.05) is 6.20 Å². The van der Waals surface area contributed by atoms with Crippen molar-refractivity contribution in [3.63, 3.8) is 0 Å². The maximum Gasteiger partial charge on any atom is 0.227 e. The molecule has 2 rings (SSSR count). The van der Waals surface area contributed by atoms with E-state index in [4.69, 9.17) is 4.74 Å². The van der Waals surface area contributed by atoms with Crippen LogP contribution in [0.2, 0.25) is 0 Å². The molecular weight excluding hydrogens is 178 g/mol.